The molecule has 2 rings (SSSR count). The molecule has 158 valence electrons. The topological polar surface area (TPSA) is 80.4 Å². The zero-order valence-corrected chi connectivity index (χ0v) is 19.2. The van der Waals surface area contributed by atoms with Gasteiger partial charge in [-0.3, -0.25) is 0 Å². The van der Waals surface area contributed by atoms with E-state index < -0.39 is 11.4 Å². The van der Waals surface area contributed by atoms with Gasteiger partial charge in [-0.25, -0.2) is 14.2 Å². The maximum Gasteiger partial charge on any atom is 0.410 e. The summed E-state index contributed by atoms with van der Waals surface area (Å²) in [6, 6.07) is 6.26. The van der Waals surface area contributed by atoms with Crippen molar-refractivity contribution in [3.63, 3.8) is 0 Å². The molecule has 1 heterocycles. The number of piperazine rings is 1. The minimum Gasteiger partial charge on any atom is -0.486 e. The van der Waals surface area contributed by atoms with Crippen molar-refractivity contribution < 1.29 is 18.7 Å². The number of carbonyl (C=O) groups excluding carboxylic acids is 1. The third-order valence-electron chi connectivity index (χ3n) is 3.93. The molecule has 1 atom stereocenters. The molecule has 2 N–H and O–H groups in total. The highest BCUT2D eigenvalue weighted by atomic mass is 127. The van der Waals surface area contributed by atoms with Crippen LogP contribution in [0, 0.1) is 5.82 Å². The molecule has 0 radical (unpaired) electrons. The summed E-state index contributed by atoms with van der Waals surface area (Å²) in [7, 11) is 0. The first-order valence-electron chi connectivity index (χ1n) is 9.09. The quantitative estimate of drug-likeness (QED) is 0.384. The fourth-order valence-electron chi connectivity index (χ4n) is 2.56. The van der Waals surface area contributed by atoms with Crippen molar-refractivity contribution in [3.05, 3.63) is 30.1 Å². The van der Waals surface area contributed by atoms with E-state index in [1.54, 1.807) is 23.1 Å². The van der Waals surface area contributed by atoms with Crippen LogP contribution in [-0.2, 0) is 4.74 Å². The SMILES string of the molecule is CC(CN=C(N)N1CCN(C(=O)OC(C)(C)C)CC1)Oc1ccccc1F.I. The molecule has 1 aromatic carbocycles. The van der Waals surface area contributed by atoms with Gasteiger partial charge in [0.2, 0.25) is 0 Å². The number of para-hydroxylation sites is 1. The molecule has 1 aliphatic heterocycles. The second kappa shape index (κ2) is 10.7. The minimum absolute atomic E-state index is 0. The molecule has 28 heavy (non-hydrogen) atoms. The number of benzene rings is 1. The Labute approximate surface area is 183 Å². The predicted octanol–water partition coefficient (Wildman–Crippen LogP) is 3.08. The number of ether oxygens (including phenoxy) is 2. The van der Waals surface area contributed by atoms with Crippen molar-refractivity contribution in [1.29, 1.82) is 0 Å². The van der Waals surface area contributed by atoms with Gasteiger partial charge in [0.05, 0.1) is 6.54 Å². The largest absolute Gasteiger partial charge is 0.486 e. The molecule has 0 aromatic heterocycles. The number of rotatable bonds is 4. The summed E-state index contributed by atoms with van der Waals surface area (Å²) >= 11 is 0. The molecular weight excluding hydrogens is 478 g/mol. The van der Waals surface area contributed by atoms with Gasteiger partial charge in [0.25, 0.3) is 0 Å². The van der Waals surface area contributed by atoms with E-state index in [9.17, 15) is 9.18 Å². The molecule has 1 aromatic rings. The monoisotopic (exact) mass is 508 g/mol. The Morgan fingerprint density at radius 2 is 1.79 bits per heavy atom. The minimum atomic E-state index is -0.511. The van der Waals surface area contributed by atoms with Crippen LogP contribution in [0.25, 0.3) is 0 Å². The van der Waals surface area contributed by atoms with Crippen molar-refractivity contribution in [1.82, 2.24) is 9.80 Å². The maximum atomic E-state index is 13.6. The molecule has 7 nitrogen and oxygen atoms in total. The van der Waals surface area contributed by atoms with E-state index in [2.05, 4.69) is 4.99 Å². The average Bonchev–Trinajstić information content (AvgIpc) is 2.60. The van der Waals surface area contributed by atoms with Crippen LogP contribution in [-0.4, -0.2) is 66.3 Å². The fraction of sp³-hybridized carbons (Fsp3) is 0.579. The molecule has 0 saturated carbocycles. The molecular formula is C19H30FIN4O3. The first-order valence-corrected chi connectivity index (χ1v) is 9.09. The van der Waals surface area contributed by atoms with Gasteiger partial charge in [-0.15, -0.1) is 24.0 Å². The number of hydrogen-bond donors (Lipinski definition) is 1. The Balaban J connectivity index is 0.00000392. The summed E-state index contributed by atoms with van der Waals surface area (Å²) in [4.78, 5) is 20.0. The molecule has 1 fully saturated rings. The van der Waals surface area contributed by atoms with Gasteiger partial charge in [0, 0.05) is 26.2 Å². The standard InChI is InChI=1S/C19H29FN4O3.HI/c1-14(26-16-8-6-5-7-15(16)20)13-22-17(21)23-9-11-24(12-10-23)18(25)27-19(2,3)4;/h5-8,14H,9-13H2,1-4H3,(H2,21,22);1H. The summed E-state index contributed by atoms with van der Waals surface area (Å²) in [6.07, 6.45) is -0.631. The summed E-state index contributed by atoms with van der Waals surface area (Å²) < 4.78 is 24.5. The van der Waals surface area contributed by atoms with Crippen LogP contribution < -0.4 is 10.5 Å². The van der Waals surface area contributed by atoms with Gasteiger partial charge >= 0.3 is 6.09 Å². The van der Waals surface area contributed by atoms with Crippen LogP contribution in [0.1, 0.15) is 27.7 Å². The highest BCUT2D eigenvalue weighted by molar-refractivity contribution is 14.0. The number of carbonyl (C=O) groups is 1. The number of hydrogen-bond acceptors (Lipinski definition) is 4. The van der Waals surface area contributed by atoms with Gasteiger partial charge in [-0.2, -0.15) is 0 Å². The van der Waals surface area contributed by atoms with Gasteiger partial charge in [0.15, 0.2) is 17.5 Å². The third kappa shape index (κ3) is 7.69. The van der Waals surface area contributed by atoms with E-state index in [0.29, 0.717) is 38.7 Å². The summed E-state index contributed by atoms with van der Waals surface area (Å²) in [5.41, 5.74) is 5.54. The zero-order chi connectivity index (χ0) is 20.0. The van der Waals surface area contributed by atoms with E-state index in [1.807, 2.05) is 32.6 Å². The lowest BCUT2D eigenvalue weighted by Crippen LogP contribution is -2.53. The molecule has 0 aliphatic carbocycles. The number of nitrogens with two attached hydrogens (primary N) is 1. The van der Waals surface area contributed by atoms with E-state index in [4.69, 9.17) is 15.2 Å². The maximum absolute atomic E-state index is 13.6. The van der Waals surface area contributed by atoms with E-state index in [0.717, 1.165) is 0 Å². The Kier molecular flexibility index (Phi) is 9.25. The Hall–Kier alpha value is -1.78. The second-order valence-electron chi connectivity index (χ2n) is 7.51. The van der Waals surface area contributed by atoms with Crippen LogP contribution in [0.2, 0.25) is 0 Å². The van der Waals surface area contributed by atoms with E-state index in [1.165, 1.54) is 6.07 Å². The first-order chi connectivity index (χ1) is 12.7. The average molecular weight is 508 g/mol. The number of nitrogens with zero attached hydrogens (tertiary/aromatic N) is 3. The molecule has 1 unspecified atom stereocenters. The highest BCUT2D eigenvalue weighted by Crippen LogP contribution is 2.17. The normalized spacial score (nSPS) is 16.2. The molecule has 1 amide bonds. The Morgan fingerprint density at radius 1 is 1.21 bits per heavy atom. The van der Waals surface area contributed by atoms with Crippen molar-refractivity contribution in [2.75, 3.05) is 32.7 Å². The van der Waals surface area contributed by atoms with Crippen LogP contribution in [0.5, 0.6) is 5.75 Å². The molecule has 1 aliphatic rings. The lowest BCUT2D eigenvalue weighted by molar-refractivity contribution is 0.0186. The van der Waals surface area contributed by atoms with Crippen LogP contribution in [0.3, 0.4) is 0 Å². The number of halogens is 2. The molecule has 0 bridgehead atoms. The lowest BCUT2D eigenvalue weighted by atomic mass is 10.2. The number of amides is 1. The van der Waals surface area contributed by atoms with E-state index >= 15 is 0 Å². The predicted molar refractivity (Wildman–Crippen MR) is 118 cm³/mol. The van der Waals surface area contributed by atoms with Gasteiger partial charge in [-0.05, 0) is 39.8 Å². The van der Waals surface area contributed by atoms with Crippen LogP contribution in [0.15, 0.2) is 29.3 Å². The van der Waals surface area contributed by atoms with Crippen molar-refractivity contribution in [3.8, 4) is 5.75 Å². The molecule has 9 heteroatoms. The van der Waals surface area contributed by atoms with Gasteiger partial charge in [0.1, 0.15) is 11.7 Å². The summed E-state index contributed by atoms with van der Waals surface area (Å²) in [6.45, 7) is 9.85. The number of guanidine groups is 1. The zero-order valence-electron chi connectivity index (χ0n) is 16.9. The van der Waals surface area contributed by atoms with Gasteiger partial charge < -0.3 is 25.0 Å². The Bertz CT molecular complexity index is 673. The summed E-state index contributed by atoms with van der Waals surface area (Å²) in [5.74, 6) is 0.187. The van der Waals surface area contributed by atoms with Crippen LogP contribution >= 0.6 is 24.0 Å². The second-order valence-corrected chi connectivity index (χ2v) is 7.51. The number of aliphatic imine (C=N–C) groups is 1. The van der Waals surface area contributed by atoms with E-state index in [-0.39, 0.29) is 41.9 Å². The smallest absolute Gasteiger partial charge is 0.410 e. The molecule has 1 saturated heterocycles. The molecule has 0 spiro atoms. The Morgan fingerprint density at radius 3 is 2.36 bits per heavy atom. The fourth-order valence-corrected chi connectivity index (χ4v) is 2.56. The van der Waals surface area contributed by atoms with Crippen LogP contribution in [0.4, 0.5) is 9.18 Å². The highest BCUT2D eigenvalue weighted by Gasteiger charge is 2.26. The van der Waals surface area contributed by atoms with Crippen molar-refractivity contribution in [2.24, 2.45) is 10.7 Å². The summed E-state index contributed by atoms with van der Waals surface area (Å²) in [5, 5.41) is 0. The lowest BCUT2D eigenvalue weighted by Gasteiger charge is -2.36. The van der Waals surface area contributed by atoms with Gasteiger partial charge in [-0.1, -0.05) is 12.1 Å². The van der Waals surface area contributed by atoms with Crippen molar-refractivity contribution in [2.45, 2.75) is 39.4 Å². The third-order valence-corrected chi connectivity index (χ3v) is 3.93. The first kappa shape index (κ1) is 24.3. The van der Waals surface area contributed by atoms with Crippen molar-refractivity contribution >= 4 is 36.0 Å².